The highest BCUT2D eigenvalue weighted by molar-refractivity contribution is 14.1. The Kier molecular flexibility index (Phi) is 2.87. The van der Waals surface area contributed by atoms with Crippen LogP contribution in [0.3, 0.4) is 0 Å². The lowest BCUT2D eigenvalue weighted by Gasteiger charge is -2.00. The van der Waals surface area contributed by atoms with E-state index in [1.54, 1.807) is 12.1 Å². The van der Waals surface area contributed by atoms with Crippen molar-refractivity contribution in [1.29, 1.82) is 0 Å². The van der Waals surface area contributed by atoms with Gasteiger partial charge in [-0.3, -0.25) is 0 Å². The summed E-state index contributed by atoms with van der Waals surface area (Å²) in [7, 11) is 0. The van der Waals surface area contributed by atoms with Crippen LogP contribution < -0.4 is 10.5 Å². The fourth-order valence-corrected chi connectivity index (χ4v) is 2.23. The quantitative estimate of drug-likeness (QED) is 0.684. The summed E-state index contributed by atoms with van der Waals surface area (Å²) in [5.74, 6) is 0.755. The van der Waals surface area contributed by atoms with Crippen LogP contribution in [-0.2, 0) is 0 Å². The molecule has 1 heterocycles. The van der Waals surface area contributed by atoms with Gasteiger partial charge >= 0.3 is 0 Å². The third-order valence-electron chi connectivity index (χ3n) is 1.54. The lowest BCUT2D eigenvalue weighted by molar-refractivity contribution is 0.478. The van der Waals surface area contributed by atoms with Gasteiger partial charge < -0.3 is 10.5 Å². The Balaban J connectivity index is 2.15. The number of rotatable bonds is 2. The van der Waals surface area contributed by atoms with Gasteiger partial charge in [0.15, 0.2) is 0 Å². The second-order valence-corrected chi connectivity index (χ2v) is 4.53. The molecule has 0 saturated heterocycles. The van der Waals surface area contributed by atoms with Crippen molar-refractivity contribution in [2.75, 3.05) is 5.73 Å². The van der Waals surface area contributed by atoms with Crippen LogP contribution in [0, 0.1) is 3.70 Å². The Morgan fingerprint density at radius 3 is 2.57 bits per heavy atom. The molecule has 0 spiro atoms. The van der Waals surface area contributed by atoms with Gasteiger partial charge in [0, 0.05) is 11.1 Å². The van der Waals surface area contributed by atoms with Crippen molar-refractivity contribution in [3.8, 4) is 10.9 Å². The van der Waals surface area contributed by atoms with E-state index in [1.807, 2.05) is 17.5 Å². The molecule has 0 radical (unpaired) electrons. The molecule has 72 valence electrons. The van der Waals surface area contributed by atoms with E-state index >= 15 is 0 Å². The molecule has 0 saturated carbocycles. The first kappa shape index (κ1) is 9.72. The van der Waals surface area contributed by atoms with Crippen LogP contribution in [0.1, 0.15) is 0 Å². The molecule has 0 aliphatic rings. The number of anilines is 1. The largest absolute Gasteiger partial charge is 0.431 e. The first-order valence-electron chi connectivity index (χ1n) is 3.88. The maximum absolute atomic E-state index is 5.55. The SMILES string of the molecule is Nc1ccc(Oc2nc(I)cs2)cc1. The van der Waals surface area contributed by atoms with Crippen molar-refractivity contribution in [3.63, 3.8) is 0 Å². The summed E-state index contributed by atoms with van der Waals surface area (Å²) in [4.78, 5) is 4.18. The summed E-state index contributed by atoms with van der Waals surface area (Å²) in [6.07, 6.45) is 0. The Morgan fingerprint density at radius 1 is 1.29 bits per heavy atom. The second kappa shape index (κ2) is 4.14. The molecule has 0 atom stereocenters. The van der Waals surface area contributed by atoms with Gasteiger partial charge in [0.1, 0.15) is 9.45 Å². The summed E-state index contributed by atoms with van der Waals surface area (Å²) in [6.45, 7) is 0. The van der Waals surface area contributed by atoms with Gasteiger partial charge in [0.2, 0.25) is 0 Å². The molecule has 14 heavy (non-hydrogen) atoms. The Labute approximate surface area is 99.1 Å². The molecule has 0 aliphatic heterocycles. The maximum atomic E-state index is 5.55. The van der Waals surface area contributed by atoms with Gasteiger partial charge in [0.05, 0.1) is 0 Å². The number of nitrogens with zero attached hydrogens (tertiary/aromatic N) is 1. The average molecular weight is 318 g/mol. The van der Waals surface area contributed by atoms with Gasteiger partial charge in [0.25, 0.3) is 5.19 Å². The van der Waals surface area contributed by atoms with Crippen molar-refractivity contribution in [3.05, 3.63) is 33.3 Å². The standard InChI is InChI=1S/C9H7IN2OS/c10-8-5-14-9(12-8)13-7-3-1-6(11)2-4-7/h1-5H,11H2. The van der Waals surface area contributed by atoms with Crippen LogP contribution >= 0.6 is 33.9 Å². The molecule has 3 nitrogen and oxygen atoms in total. The average Bonchev–Trinajstić information content (AvgIpc) is 2.56. The van der Waals surface area contributed by atoms with Gasteiger partial charge in [-0.1, -0.05) is 11.3 Å². The van der Waals surface area contributed by atoms with Gasteiger partial charge in [-0.25, -0.2) is 0 Å². The lowest BCUT2D eigenvalue weighted by Crippen LogP contribution is -1.86. The molecule has 2 N–H and O–H groups in total. The number of benzene rings is 1. The molecule has 0 amide bonds. The van der Waals surface area contributed by atoms with E-state index in [0.29, 0.717) is 5.19 Å². The number of ether oxygens (including phenoxy) is 1. The van der Waals surface area contributed by atoms with Crippen LogP contribution in [0.2, 0.25) is 0 Å². The highest BCUT2D eigenvalue weighted by Gasteiger charge is 2.01. The highest BCUT2D eigenvalue weighted by atomic mass is 127. The highest BCUT2D eigenvalue weighted by Crippen LogP contribution is 2.25. The van der Waals surface area contributed by atoms with Crippen molar-refractivity contribution < 1.29 is 4.74 Å². The minimum absolute atomic E-state index is 0.652. The third kappa shape index (κ3) is 2.36. The zero-order chi connectivity index (χ0) is 9.97. The molecule has 2 rings (SSSR count). The predicted octanol–water partition coefficient (Wildman–Crippen LogP) is 3.12. The second-order valence-electron chi connectivity index (χ2n) is 2.61. The van der Waals surface area contributed by atoms with Crippen molar-refractivity contribution in [2.45, 2.75) is 0 Å². The Bertz CT molecular complexity index is 427. The van der Waals surface area contributed by atoms with Crippen LogP contribution in [0.4, 0.5) is 5.69 Å². The normalized spacial score (nSPS) is 10.1. The topological polar surface area (TPSA) is 48.1 Å². The molecule has 0 unspecified atom stereocenters. The van der Waals surface area contributed by atoms with Crippen LogP contribution in [-0.4, -0.2) is 4.98 Å². The summed E-state index contributed by atoms with van der Waals surface area (Å²) >= 11 is 3.62. The minimum Gasteiger partial charge on any atom is -0.431 e. The van der Waals surface area contributed by atoms with Crippen molar-refractivity contribution in [1.82, 2.24) is 4.98 Å². The van der Waals surface area contributed by atoms with E-state index in [9.17, 15) is 0 Å². The fourth-order valence-electron chi connectivity index (χ4n) is 0.923. The molecule has 0 fully saturated rings. The Hall–Kier alpha value is -0.820. The molecule has 1 aromatic heterocycles. The first-order chi connectivity index (χ1) is 6.74. The monoisotopic (exact) mass is 318 g/mol. The molecule has 2 aromatic rings. The molecular formula is C9H7IN2OS. The van der Waals surface area contributed by atoms with Crippen LogP contribution in [0.5, 0.6) is 10.9 Å². The third-order valence-corrected chi connectivity index (χ3v) is 3.23. The van der Waals surface area contributed by atoms with E-state index in [4.69, 9.17) is 10.5 Å². The van der Waals surface area contributed by atoms with Gasteiger partial charge in [-0.2, -0.15) is 4.98 Å². The van der Waals surface area contributed by atoms with E-state index in [0.717, 1.165) is 15.1 Å². The zero-order valence-corrected chi connectivity index (χ0v) is 10.1. The molecule has 0 aliphatic carbocycles. The summed E-state index contributed by atoms with van der Waals surface area (Å²) in [5, 5.41) is 2.59. The Morgan fingerprint density at radius 2 is 2.00 bits per heavy atom. The van der Waals surface area contributed by atoms with E-state index in [1.165, 1.54) is 11.3 Å². The number of hydrogen-bond acceptors (Lipinski definition) is 4. The summed E-state index contributed by atoms with van der Waals surface area (Å²) < 4.78 is 6.44. The first-order valence-corrected chi connectivity index (χ1v) is 5.84. The van der Waals surface area contributed by atoms with Crippen LogP contribution in [0.15, 0.2) is 29.6 Å². The number of aromatic nitrogens is 1. The summed E-state index contributed by atoms with van der Waals surface area (Å²) in [5.41, 5.74) is 6.28. The smallest absolute Gasteiger partial charge is 0.279 e. The van der Waals surface area contributed by atoms with Gasteiger partial charge in [-0.15, -0.1) is 0 Å². The van der Waals surface area contributed by atoms with E-state index in [-0.39, 0.29) is 0 Å². The molecule has 0 bridgehead atoms. The van der Waals surface area contributed by atoms with Crippen molar-refractivity contribution >= 4 is 39.6 Å². The summed E-state index contributed by atoms with van der Waals surface area (Å²) in [6, 6.07) is 7.25. The number of hydrogen-bond donors (Lipinski definition) is 1. The predicted molar refractivity (Wildman–Crippen MR) is 65.8 cm³/mol. The number of thiazole rings is 1. The van der Waals surface area contributed by atoms with Crippen LogP contribution in [0.25, 0.3) is 0 Å². The molecular weight excluding hydrogens is 311 g/mol. The van der Waals surface area contributed by atoms with E-state index in [2.05, 4.69) is 27.6 Å². The minimum atomic E-state index is 0.652. The van der Waals surface area contributed by atoms with Crippen molar-refractivity contribution in [2.24, 2.45) is 0 Å². The van der Waals surface area contributed by atoms with E-state index < -0.39 is 0 Å². The van der Waals surface area contributed by atoms with Gasteiger partial charge in [-0.05, 0) is 46.9 Å². The lowest BCUT2D eigenvalue weighted by atomic mass is 10.3. The number of halogens is 1. The zero-order valence-electron chi connectivity index (χ0n) is 7.11. The number of nitrogens with two attached hydrogens (primary N) is 1. The molecule has 1 aromatic carbocycles. The fraction of sp³-hybridized carbons (Fsp3) is 0. The molecule has 5 heteroatoms. The number of nitrogen functional groups attached to an aromatic ring is 1. The maximum Gasteiger partial charge on any atom is 0.279 e.